The molecule has 7 unspecified atom stereocenters. The number of fused-ring (bicyclic) bond motifs is 3. The Morgan fingerprint density at radius 2 is 1.72 bits per heavy atom. The molecule has 0 bridgehead atoms. The van der Waals surface area contributed by atoms with Gasteiger partial charge in [0.1, 0.15) is 29.3 Å². The molecule has 7 atom stereocenters. The molecule has 0 aliphatic carbocycles. The van der Waals surface area contributed by atoms with Crippen LogP contribution in [0, 0.1) is 0 Å². The fraction of sp³-hybridized carbons (Fsp3) is 0.680. The summed E-state index contributed by atoms with van der Waals surface area (Å²) in [6.45, 7) is 9.09. The summed E-state index contributed by atoms with van der Waals surface area (Å²) < 4.78 is 36.7. The van der Waals surface area contributed by atoms with E-state index in [1.54, 1.807) is 46.9 Å². The van der Waals surface area contributed by atoms with Gasteiger partial charge < -0.3 is 28.4 Å². The van der Waals surface area contributed by atoms with Gasteiger partial charge in [0.05, 0.1) is 6.10 Å². The molecular formula is C25H36N2O7S2. The number of carbonyl (C=O) groups excluding carboxylic acids is 1. The number of aliphatic imine (C=N–C) groups is 1. The summed E-state index contributed by atoms with van der Waals surface area (Å²) in [6, 6.07) is 9.73. The molecule has 11 heteroatoms. The van der Waals surface area contributed by atoms with Crippen molar-refractivity contribution in [1.29, 1.82) is 0 Å². The molecule has 200 valence electrons. The van der Waals surface area contributed by atoms with Gasteiger partial charge in [-0.15, -0.1) is 11.8 Å². The first kappa shape index (κ1) is 27.7. The molecule has 1 amide bonds. The van der Waals surface area contributed by atoms with Gasteiger partial charge in [0.2, 0.25) is 11.6 Å². The van der Waals surface area contributed by atoms with Crippen LogP contribution in [0.2, 0.25) is 0 Å². The predicted octanol–water partition coefficient (Wildman–Crippen LogP) is 4.35. The van der Waals surface area contributed by atoms with Crippen molar-refractivity contribution in [3.05, 3.63) is 30.3 Å². The number of nitrogens with zero attached hydrogens (tertiary/aromatic N) is 2. The van der Waals surface area contributed by atoms with E-state index in [9.17, 15) is 4.79 Å². The van der Waals surface area contributed by atoms with Gasteiger partial charge in [-0.1, -0.05) is 30.0 Å². The van der Waals surface area contributed by atoms with Crippen LogP contribution in [0.5, 0.6) is 0 Å². The topological polar surface area (TPSA) is 88.1 Å². The Hall–Kier alpha value is -1.34. The molecule has 2 saturated heterocycles. The maximum atomic E-state index is 12.7. The van der Waals surface area contributed by atoms with Crippen LogP contribution in [-0.4, -0.2) is 90.1 Å². The SMILES string of the molecule is COC1(C)OC2C(CSc3ccccc3)OC3SC(N(C)C(=O)OC(C)(C)C)=NC3C2OC1(C)OC. The lowest BCUT2D eigenvalue weighted by atomic mass is 9.94. The predicted molar refractivity (Wildman–Crippen MR) is 139 cm³/mol. The standard InChI is InChI=1S/C25H36N2O7S2/c1-23(2,3)34-22(28)27(6)21-26-17-19-18(32-24(4,29-7)25(5,30-8)33-19)16(31-20(17)36-21)14-35-15-12-10-9-11-13-15/h9-13,16-20H,14H2,1-8H3. The zero-order valence-corrected chi connectivity index (χ0v) is 23.7. The molecule has 0 radical (unpaired) electrons. The molecule has 1 aromatic rings. The van der Waals surface area contributed by atoms with Crippen molar-refractivity contribution in [2.45, 2.75) is 86.5 Å². The van der Waals surface area contributed by atoms with E-state index in [2.05, 4.69) is 12.1 Å². The third kappa shape index (κ3) is 5.43. The highest BCUT2D eigenvalue weighted by molar-refractivity contribution is 8.14. The Bertz CT molecular complexity index is 975. The van der Waals surface area contributed by atoms with Gasteiger partial charge in [-0.3, -0.25) is 9.89 Å². The largest absolute Gasteiger partial charge is 0.443 e. The number of hydrogen-bond acceptors (Lipinski definition) is 10. The molecule has 3 aliphatic rings. The Morgan fingerprint density at radius 1 is 1.11 bits per heavy atom. The number of benzene rings is 1. The maximum Gasteiger partial charge on any atom is 0.416 e. The molecule has 36 heavy (non-hydrogen) atoms. The Kier molecular flexibility index (Phi) is 8.03. The Morgan fingerprint density at radius 3 is 2.31 bits per heavy atom. The third-order valence-corrected chi connectivity index (χ3v) is 8.85. The van der Waals surface area contributed by atoms with E-state index in [0.717, 1.165) is 4.90 Å². The number of thioether (sulfide) groups is 2. The molecule has 9 nitrogen and oxygen atoms in total. The van der Waals surface area contributed by atoms with Crippen molar-refractivity contribution in [2.24, 2.45) is 4.99 Å². The van der Waals surface area contributed by atoms with Crippen molar-refractivity contribution in [3.8, 4) is 0 Å². The van der Waals surface area contributed by atoms with Gasteiger partial charge in [0.25, 0.3) is 0 Å². The number of carbonyl (C=O) groups is 1. The highest BCUT2D eigenvalue weighted by Crippen LogP contribution is 2.48. The van der Waals surface area contributed by atoms with Crippen LogP contribution < -0.4 is 0 Å². The molecule has 1 aromatic carbocycles. The smallest absolute Gasteiger partial charge is 0.416 e. The van der Waals surface area contributed by atoms with E-state index in [1.165, 1.54) is 16.7 Å². The van der Waals surface area contributed by atoms with Crippen LogP contribution in [0.15, 0.2) is 40.2 Å². The van der Waals surface area contributed by atoms with Crippen molar-refractivity contribution < 1.29 is 33.2 Å². The first-order chi connectivity index (χ1) is 16.9. The summed E-state index contributed by atoms with van der Waals surface area (Å²) in [7, 11) is 4.78. The van der Waals surface area contributed by atoms with Gasteiger partial charge in [0.15, 0.2) is 5.17 Å². The molecule has 0 saturated carbocycles. The molecule has 0 N–H and O–H groups in total. The van der Waals surface area contributed by atoms with Crippen LogP contribution in [0.3, 0.4) is 0 Å². The third-order valence-electron chi connectivity index (χ3n) is 6.53. The number of rotatable bonds is 5. The summed E-state index contributed by atoms with van der Waals surface area (Å²) in [6.07, 6.45) is -1.73. The minimum absolute atomic E-state index is 0.314. The van der Waals surface area contributed by atoms with E-state index in [4.69, 9.17) is 33.4 Å². The number of methoxy groups -OCH3 is 2. The average molecular weight is 541 g/mol. The van der Waals surface area contributed by atoms with E-state index in [1.807, 2.05) is 39.0 Å². The lowest BCUT2D eigenvalue weighted by molar-refractivity contribution is -0.462. The number of amidine groups is 1. The molecule has 0 aromatic heterocycles. The van der Waals surface area contributed by atoms with E-state index in [-0.39, 0.29) is 11.5 Å². The normalized spacial score (nSPS) is 36.0. The molecule has 3 heterocycles. The van der Waals surface area contributed by atoms with Gasteiger partial charge in [0, 0.05) is 31.9 Å². The van der Waals surface area contributed by atoms with Crippen molar-refractivity contribution in [1.82, 2.24) is 4.90 Å². The lowest BCUT2D eigenvalue weighted by Gasteiger charge is -2.56. The minimum atomic E-state index is -1.18. The zero-order valence-electron chi connectivity index (χ0n) is 22.0. The number of hydrogen-bond donors (Lipinski definition) is 0. The second kappa shape index (κ2) is 10.4. The summed E-state index contributed by atoms with van der Waals surface area (Å²) in [5.41, 5.74) is -0.974. The maximum absolute atomic E-state index is 12.7. The highest BCUT2D eigenvalue weighted by Gasteiger charge is 2.63. The lowest BCUT2D eigenvalue weighted by Crippen LogP contribution is -2.71. The molecular weight excluding hydrogens is 504 g/mol. The number of amides is 1. The van der Waals surface area contributed by atoms with Gasteiger partial charge in [-0.05, 0) is 46.8 Å². The molecule has 2 fully saturated rings. The number of ether oxygens (including phenoxy) is 6. The fourth-order valence-corrected chi connectivity index (χ4v) is 6.42. The van der Waals surface area contributed by atoms with E-state index < -0.39 is 41.5 Å². The quantitative estimate of drug-likeness (QED) is 0.506. The van der Waals surface area contributed by atoms with Crippen LogP contribution in [0.25, 0.3) is 0 Å². The fourth-order valence-electron chi connectivity index (χ4n) is 4.27. The van der Waals surface area contributed by atoms with Gasteiger partial charge in [-0.25, -0.2) is 4.79 Å². The first-order valence-corrected chi connectivity index (χ1v) is 13.8. The molecule has 3 aliphatic heterocycles. The van der Waals surface area contributed by atoms with E-state index in [0.29, 0.717) is 10.9 Å². The van der Waals surface area contributed by atoms with E-state index >= 15 is 0 Å². The van der Waals surface area contributed by atoms with Crippen LogP contribution >= 0.6 is 23.5 Å². The van der Waals surface area contributed by atoms with Crippen LogP contribution in [-0.2, 0) is 28.4 Å². The van der Waals surface area contributed by atoms with Gasteiger partial charge >= 0.3 is 6.09 Å². The summed E-state index contributed by atoms with van der Waals surface area (Å²) in [4.78, 5) is 20.1. The van der Waals surface area contributed by atoms with Gasteiger partial charge in [-0.2, -0.15) is 0 Å². The second-order valence-corrected chi connectivity index (χ2v) is 12.3. The summed E-state index contributed by atoms with van der Waals surface area (Å²) in [5.74, 6) is -1.71. The zero-order chi connectivity index (χ0) is 26.3. The Labute approximate surface area is 221 Å². The van der Waals surface area contributed by atoms with Crippen molar-refractivity contribution >= 4 is 34.8 Å². The summed E-state index contributed by atoms with van der Waals surface area (Å²) in [5, 5.41) is 0.511. The minimum Gasteiger partial charge on any atom is -0.443 e. The monoisotopic (exact) mass is 540 g/mol. The Balaban J connectivity index is 1.60. The summed E-state index contributed by atoms with van der Waals surface area (Å²) >= 11 is 3.07. The van der Waals surface area contributed by atoms with Crippen molar-refractivity contribution in [3.63, 3.8) is 0 Å². The average Bonchev–Trinajstić information content (AvgIpc) is 3.26. The van der Waals surface area contributed by atoms with Crippen LogP contribution in [0.4, 0.5) is 4.79 Å². The molecule has 4 rings (SSSR count). The van der Waals surface area contributed by atoms with Crippen molar-refractivity contribution in [2.75, 3.05) is 27.0 Å². The van der Waals surface area contributed by atoms with Crippen LogP contribution in [0.1, 0.15) is 34.6 Å². The molecule has 0 spiro atoms. The highest BCUT2D eigenvalue weighted by atomic mass is 32.2. The second-order valence-electron chi connectivity index (χ2n) is 10.2. The first-order valence-electron chi connectivity index (χ1n) is 11.9.